The molecule has 3 aromatic rings. The van der Waals surface area contributed by atoms with E-state index in [2.05, 4.69) is 17.4 Å². The first kappa shape index (κ1) is 17.0. The summed E-state index contributed by atoms with van der Waals surface area (Å²) in [5.74, 6) is -0.287. The summed E-state index contributed by atoms with van der Waals surface area (Å²) in [6.07, 6.45) is 0.909. The maximum atomic E-state index is 12.3. The van der Waals surface area contributed by atoms with Gasteiger partial charge >= 0.3 is 5.97 Å². The number of halogens is 1. The van der Waals surface area contributed by atoms with E-state index in [-0.39, 0.29) is 11.4 Å². The lowest BCUT2D eigenvalue weighted by molar-refractivity contribution is 0.0602. The number of anilines is 2. The number of methoxy groups -OCH3 is 1. The zero-order chi connectivity index (χ0) is 17.8. The second-order valence-corrected chi connectivity index (χ2v) is 5.85. The van der Waals surface area contributed by atoms with Gasteiger partial charge in [0.05, 0.1) is 7.11 Å². The van der Waals surface area contributed by atoms with Crippen LogP contribution in [-0.4, -0.2) is 18.2 Å². The first-order valence-corrected chi connectivity index (χ1v) is 8.20. The summed E-state index contributed by atoms with van der Waals surface area (Å²) in [4.78, 5) is 12.3. The van der Waals surface area contributed by atoms with Gasteiger partial charge in [0.2, 0.25) is 5.88 Å². The van der Waals surface area contributed by atoms with Gasteiger partial charge in [0.25, 0.3) is 0 Å². The number of nitrogens with zero attached hydrogens (tertiary/aromatic N) is 1. The number of aryl methyl sites for hydroxylation is 1. The lowest BCUT2D eigenvalue weighted by Crippen LogP contribution is -2.05. The summed E-state index contributed by atoms with van der Waals surface area (Å²) in [6.45, 7) is 2.08. The predicted octanol–water partition coefficient (Wildman–Crippen LogP) is 5.09. The van der Waals surface area contributed by atoms with Gasteiger partial charge in [-0.2, -0.15) is 0 Å². The highest BCUT2D eigenvalue weighted by molar-refractivity contribution is 6.30. The normalized spacial score (nSPS) is 10.5. The van der Waals surface area contributed by atoms with E-state index in [9.17, 15) is 4.79 Å². The highest BCUT2D eigenvalue weighted by Crippen LogP contribution is 2.32. The van der Waals surface area contributed by atoms with Gasteiger partial charge in [0.1, 0.15) is 5.69 Å². The molecule has 0 amide bonds. The molecule has 25 heavy (non-hydrogen) atoms. The van der Waals surface area contributed by atoms with Crippen molar-refractivity contribution in [2.75, 3.05) is 12.4 Å². The molecule has 6 heteroatoms. The van der Waals surface area contributed by atoms with Gasteiger partial charge < -0.3 is 14.6 Å². The molecule has 0 saturated heterocycles. The Labute approximate surface area is 150 Å². The molecule has 0 bridgehead atoms. The predicted molar refractivity (Wildman–Crippen MR) is 97.4 cm³/mol. The van der Waals surface area contributed by atoms with Gasteiger partial charge in [0.15, 0.2) is 5.56 Å². The van der Waals surface area contributed by atoms with Crippen LogP contribution in [-0.2, 0) is 11.2 Å². The quantitative estimate of drug-likeness (QED) is 0.645. The maximum Gasteiger partial charge on any atom is 0.345 e. The molecule has 128 valence electrons. The van der Waals surface area contributed by atoms with Crippen molar-refractivity contribution in [1.82, 2.24) is 5.16 Å². The fourth-order valence-corrected chi connectivity index (χ4v) is 2.60. The number of carbonyl (C=O) groups excluding carboxylic acids is 1. The van der Waals surface area contributed by atoms with Gasteiger partial charge in [-0.25, -0.2) is 4.79 Å². The van der Waals surface area contributed by atoms with E-state index in [1.807, 2.05) is 24.3 Å². The van der Waals surface area contributed by atoms with Crippen LogP contribution in [0.25, 0.3) is 11.3 Å². The van der Waals surface area contributed by atoms with Crippen LogP contribution in [0.4, 0.5) is 11.6 Å². The average Bonchev–Trinajstić information content (AvgIpc) is 3.05. The van der Waals surface area contributed by atoms with E-state index in [0.717, 1.165) is 12.1 Å². The van der Waals surface area contributed by atoms with Crippen molar-refractivity contribution in [2.24, 2.45) is 0 Å². The van der Waals surface area contributed by atoms with E-state index >= 15 is 0 Å². The summed E-state index contributed by atoms with van der Waals surface area (Å²) >= 11 is 5.92. The van der Waals surface area contributed by atoms with Gasteiger partial charge in [-0.15, -0.1) is 0 Å². The summed E-state index contributed by atoms with van der Waals surface area (Å²) in [5, 5.41) is 7.75. The number of hydrogen-bond donors (Lipinski definition) is 1. The lowest BCUT2D eigenvalue weighted by atomic mass is 10.1. The van der Waals surface area contributed by atoms with Crippen LogP contribution in [0.1, 0.15) is 22.8 Å². The summed E-state index contributed by atoms with van der Waals surface area (Å²) < 4.78 is 10.3. The molecule has 3 rings (SSSR count). The number of esters is 1. The molecule has 1 aromatic heterocycles. The minimum absolute atomic E-state index is 0.241. The number of hydrogen-bond acceptors (Lipinski definition) is 5. The van der Waals surface area contributed by atoms with Crippen molar-refractivity contribution in [2.45, 2.75) is 13.3 Å². The largest absolute Gasteiger partial charge is 0.465 e. The van der Waals surface area contributed by atoms with Gasteiger partial charge in [-0.1, -0.05) is 47.9 Å². The van der Waals surface area contributed by atoms with Crippen molar-refractivity contribution < 1.29 is 14.1 Å². The SMILES string of the molecule is CCc1cccc(Nc2onc(-c3ccc(Cl)cc3)c2C(=O)OC)c1. The molecule has 0 atom stereocenters. The number of carbonyl (C=O) groups is 1. The Balaban J connectivity index is 2.02. The molecule has 0 aliphatic carbocycles. The molecule has 0 spiro atoms. The van der Waals surface area contributed by atoms with Crippen LogP contribution < -0.4 is 5.32 Å². The Morgan fingerprint density at radius 3 is 2.68 bits per heavy atom. The molecule has 0 aliphatic rings. The highest BCUT2D eigenvalue weighted by Gasteiger charge is 2.25. The Morgan fingerprint density at radius 1 is 1.24 bits per heavy atom. The van der Waals surface area contributed by atoms with Crippen LogP contribution >= 0.6 is 11.6 Å². The minimum atomic E-state index is -0.527. The Bertz CT molecular complexity index is 888. The number of ether oxygens (including phenoxy) is 1. The van der Waals surface area contributed by atoms with Crippen LogP contribution in [0.5, 0.6) is 0 Å². The van der Waals surface area contributed by atoms with Crippen molar-refractivity contribution >= 4 is 29.1 Å². The number of rotatable bonds is 5. The fourth-order valence-electron chi connectivity index (χ4n) is 2.47. The molecule has 0 aliphatic heterocycles. The second kappa shape index (κ2) is 7.40. The third kappa shape index (κ3) is 3.67. The number of nitrogens with one attached hydrogen (secondary N) is 1. The topological polar surface area (TPSA) is 64.4 Å². The lowest BCUT2D eigenvalue weighted by Gasteiger charge is -2.06. The summed E-state index contributed by atoms with van der Waals surface area (Å²) in [5.41, 5.74) is 3.33. The average molecular weight is 357 g/mol. The number of aromatic nitrogens is 1. The molecule has 0 saturated carbocycles. The fraction of sp³-hybridized carbons (Fsp3) is 0.158. The van der Waals surface area contributed by atoms with Crippen molar-refractivity contribution in [3.63, 3.8) is 0 Å². The molecular formula is C19H17ClN2O3. The van der Waals surface area contributed by atoms with Crippen LogP contribution in [0, 0.1) is 0 Å². The molecule has 0 fully saturated rings. The molecule has 5 nitrogen and oxygen atoms in total. The molecular weight excluding hydrogens is 340 g/mol. The van der Waals surface area contributed by atoms with Crippen molar-refractivity contribution in [1.29, 1.82) is 0 Å². The Morgan fingerprint density at radius 2 is 2.00 bits per heavy atom. The van der Waals surface area contributed by atoms with Gasteiger partial charge in [-0.05, 0) is 36.2 Å². The number of benzene rings is 2. The highest BCUT2D eigenvalue weighted by atomic mass is 35.5. The first-order chi connectivity index (χ1) is 12.1. The Hall–Kier alpha value is -2.79. The molecule has 0 unspecified atom stereocenters. The first-order valence-electron chi connectivity index (χ1n) is 7.82. The van der Waals surface area contributed by atoms with E-state index in [1.165, 1.54) is 12.7 Å². The Kier molecular flexibility index (Phi) is 5.05. The summed E-state index contributed by atoms with van der Waals surface area (Å²) in [6, 6.07) is 14.9. The smallest absolute Gasteiger partial charge is 0.345 e. The van der Waals surface area contributed by atoms with Crippen molar-refractivity contribution in [3.8, 4) is 11.3 Å². The van der Waals surface area contributed by atoms with Crippen molar-refractivity contribution in [3.05, 3.63) is 64.7 Å². The van der Waals surface area contributed by atoms with E-state index in [1.54, 1.807) is 24.3 Å². The van der Waals surface area contributed by atoms with Crippen LogP contribution in [0.15, 0.2) is 53.1 Å². The van der Waals surface area contributed by atoms with Crippen LogP contribution in [0.3, 0.4) is 0 Å². The molecule has 2 aromatic carbocycles. The van der Waals surface area contributed by atoms with E-state index in [4.69, 9.17) is 20.9 Å². The van der Waals surface area contributed by atoms with Gasteiger partial charge in [-0.3, -0.25) is 0 Å². The molecule has 1 heterocycles. The van der Waals surface area contributed by atoms with Crippen LogP contribution in [0.2, 0.25) is 5.02 Å². The minimum Gasteiger partial charge on any atom is -0.465 e. The second-order valence-electron chi connectivity index (χ2n) is 5.41. The maximum absolute atomic E-state index is 12.3. The van der Waals surface area contributed by atoms with Gasteiger partial charge in [0, 0.05) is 16.3 Å². The monoisotopic (exact) mass is 356 g/mol. The third-order valence-corrected chi connectivity index (χ3v) is 4.04. The van der Waals surface area contributed by atoms with E-state index in [0.29, 0.717) is 16.3 Å². The zero-order valence-electron chi connectivity index (χ0n) is 13.9. The molecule has 0 radical (unpaired) electrons. The third-order valence-electron chi connectivity index (χ3n) is 3.79. The van der Waals surface area contributed by atoms with E-state index < -0.39 is 5.97 Å². The summed E-state index contributed by atoms with van der Waals surface area (Å²) in [7, 11) is 1.32. The zero-order valence-corrected chi connectivity index (χ0v) is 14.6. The molecule has 1 N–H and O–H groups in total. The standard InChI is InChI=1S/C19H17ClN2O3/c1-3-12-5-4-6-15(11-12)21-18-16(19(23)24-2)17(22-25-18)13-7-9-14(20)10-8-13/h4-11,21H,3H2,1-2H3.